The highest BCUT2D eigenvalue weighted by atomic mass is 19.4. The van der Waals surface area contributed by atoms with Gasteiger partial charge in [0.15, 0.2) is 11.5 Å². The number of furan rings is 1. The van der Waals surface area contributed by atoms with E-state index in [0.717, 1.165) is 17.0 Å². The van der Waals surface area contributed by atoms with Crippen LogP contribution in [0.15, 0.2) is 82.8 Å². The van der Waals surface area contributed by atoms with E-state index in [1.165, 1.54) is 36.7 Å². The maximum absolute atomic E-state index is 13.0. The summed E-state index contributed by atoms with van der Waals surface area (Å²) in [5, 5.41) is 10.5. The summed E-state index contributed by atoms with van der Waals surface area (Å²) in [5.74, 6) is -3.00. The fourth-order valence-electron chi connectivity index (χ4n) is 3.27. The van der Waals surface area contributed by atoms with E-state index in [-0.39, 0.29) is 22.7 Å². The van der Waals surface area contributed by atoms with Crippen molar-refractivity contribution in [2.75, 3.05) is 4.90 Å². The van der Waals surface area contributed by atoms with Crippen LogP contribution in [-0.4, -0.2) is 28.1 Å². The molecule has 3 aromatic rings. The van der Waals surface area contributed by atoms with Gasteiger partial charge in [0.25, 0.3) is 5.91 Å². The van der Waals surface area contributed by atoms with Crippen LogP contribution in [0.3, 0.4) is 0 Å². The van der Waals surface area contributed by atoms with Crippen LogP contribution in [0.5, 0.6) is 5.75 Å². The minimum absolute atomic E-state index is 0.0916. The second kappa shape index (κ2) is 7.63. The molecule has 0 saturated heterocycles. The van der Waals surface area contributed by atoms with Gasteiger partial charge in [-0.25, -0.2) is 0 Å². The van der Waals surface area contributed by atoms with Gasteiger partial charge in [0.2, 0.25) is 5.78 Å². The number of hydrogen-bond acceptors (Lipinski definition) is 6. The molecule has 0 aliphatic carbocycles. The lowest BCUT2D eigenvalue weighted by Crippen LogP contribution is -2.31. The van der Waals surface area contributed by atoms with Gasteiger partial charge in [-0.1, -0.05) is 6.07 Å². The zero-order chi connectivity index (χ0) is 22.2. The highest BCUT2D eigenvalue weighted by molar-refractivity contribution is 6.20. The fraction of sp³-hybridized carbons (Fsp3) is 0.0952. The fourth-order valence-corrected chi connectivity index (χ4v) is 3.27. The summed E-state index contributed by atoms with van der Waals surface area (Å²) in [6.45, 7) is 0. The number of alkyl halides is 3. The van der Waals surface area contributed by atoms with Gasteiger partial charge in [0, 0.05) is 11.9 Å². The number of aliphatic hydroxyl groups excluding tert-OH is 1. The van der Waals surface area contributed by atoms with Crippen molar-refractivity contribution in [3.63, 3.8) is 0 Å². The molecule has 1 amide bonds. The first-order valence-electron chi connectivity index (χ1n) is 8.88. The second-order valence-electron chi connectivity index (χ2n) is 6.44. The number of amides is 1. The predicted octanol–water partition coefficient (Wildman–Crippen LogP) is 4.36. The standard InChI is InChI=1S/C21H13F3N2O5/c22-21(23,24)31-13-8-6-12(7-9-13)26-17(14-4-1-2-10-25-14)16(19(28)20(26)29)18(27)15-5-3-11-30-15/h1-11,17,28H. The van der Waals surface area contributed by atoms with E-state index in [4.69, 9.17) is 4.42 Å². The topological polar surface area (TPSA) is 92.9 Å². The van der Waals surface area contributed by atoms with Gasteiger partial charge in [-0.3, -0.25) is 19.5 Å². The number of rotatable bonds is 5. The number of ether oxygens (including phenoxy) is 1. The maximum atomic E-state index is 13.0. The number of aromatic nitrogens is 1. The van der Waals surface area contributed by atoms with Crippen LogP contribution < -0.4 is 9.64 Å². The van der Waals surface area contributed by atoms with Crippen LogP contribution in [0.2, 0.25) is 0 Å². The molecular formula is C21H13F3N2O5. The van der Waals surface area contributed by atoms with Gasteiger partial charge >= 0.3 is 6.36 Å². The number of carbonyl (C=O) groups excluding carboxylic acids is 2. The molecule has 0 fully saturated rings. The molecule has 158 valence electrons. The minimum atomic E-state index is -4.87. The summed E-state index contributed by atoms with van der Waals surface area (Å²) in [5.41, 5.74) is 0.142. The lowest BCUT2D eigenvalue weighted by Gasteiger charge is -2.26. The monoisotopic (exact) mass is 430 g/mol. The number of hydrogen-bond donors (Lipinski definition) is 1. The number of carbonyl (C=O) groups is 2. The van der Waals surface area contributed by atoms with E-state index in [1.54, 1.807) is 18.2 Å². The smallest absolute Gasteiger partial charge is 0.503 e. The van der Waals surface area contributed by atoms with Crippen molar-refractivity contribution in [3.05, 3.63) is 89.8 Å². The number of benzene rings is 1. The molecule has 1 N–H and O–H groups in total. The maximum Gasteiger partial charge on any atom is 0.573 e. The molecule has 0 spiro atoms. The van der Waals surface area contributed by atoms with Crippen LogP contribution in [0, 0.1) is 0 Å². The Morgan fingerprint density at radius 2 is 1.84 bits per heavy atom. The SMILES string of the molecule is O=C(C1=C(O)C(=O)N(c2ccc(OC(F)(F)F)cc2)C1c1ccccn1)c1ccco1. The predicted molar refractivity (Wildman–Crippen MR) is 100 cm³/mol. The molecule has 10 heteroatoms. The Bertz CT molecular complexity index is 1140. The Morgan fingerprint density at radius 1 is 1.10 bits per heavy atom. The average Bonchev–Trinajstić information content (AvgIpc) is 3.36. The largest absolute Gasteiger partial charge is 0.573 e. The Balaban J connectivity index is 1.77. The minimum Gasteiger partial charge on any atom is -0.503 e. The molecule has 31 heavy (non-hydrogen) atoms. The number of halogens is 3. The van der Waals surface area contributed by atoms with E-state index < -0.39 is 35.6 Å². The van der Waals surface area contributed by atoms with Crippen LogP contribution in [0.4, 0.5) is 18.9 Å². The van der Waals surface area contributed by atoms with Crippen molar-refractivity contribution in [2.45, 2.75) is 12.4 Å². The van der Waals surface area contributed by atoms with Crippen LogP contribution in [0.25, 0.3) is 0 Å². The molecule has 0 bridgehead atoms. The molecule has 0 saturated carbocycles. The van der Waals surface area contributed by atoms with Crippen molar-refractivity contribution in [1.82, 2.24) is 4.98 Å². The van der Waals surface area contributed by atoms with Crippen LogP contribution in [0.1, 0.15) is 22.3 Å². The molecule has 2 aromatic heterocycles. The lowest BCUT2D eigenvalue weighted by molar-refractivity contribution is -0.274. The van der Waals surface area contributed by atoms with Crippen molar-refractivity contribution in [2.24, 2.45) is 0 Å². The number of anilines is 1. The molecule has 1 aliphatic heterocycles. The summed E-state index contributed by atoms with van der Waals surface area (Å²) in [4.78, 5) is 31.1. The van der Waals surface area contributed by atoms with Crippen LogP contribution >= 0.6 is 0 Å². The number of aliphatic hydroxyl groups is 1. The van der Waals surface area contributed by atoms with Crippen molar-refractivity contribution in [3.8, 4) is 5.75 Å². The first-order chi connectivity index (χ1) is 14.8. The third-order valence-electron chi connectivity index (χ3n) is 4.51. The summed E-state index contributed by atoms with van der Waals surface area (Å²) in [6, 6.07) is 11.0. The summed E-state index contributed by atoms with van der Waals surface area (Å²) in [6.07, 6.45) is -2.15. The Labute approximate surface area is 173 Å². The van der Waals surface area contributed by atoms with E-state index in [1.807, 2.05) is 0 Å². The average molecular weight is 430 g/mol. The molecule has 1 unspecified atom stereocenters. The Kier molecular flexibility index (Phi) is 4.97. The molecule has 1 atom stereocenters. The van der Waals surface area contributed by atoms with E-state index >= 15 is 0 Å². The van der Waals surface area contributed by atoms with Crippen molar-refractivity contribution >= 4 is 17.4 Å². The van der Waals surface area contributed by atoms with E-state index in [9.17, 15) is 27.9 Å². The highest BCUT2D eigenvalue weighted by Crippen LogP contribution is 2.41. The highest BCUT2D eigenvalue weighted by Gasteiger charge is 2.46. The quantitative estimate of drug-likeness (QED) is 0.605. The first-order valence-corrected chi connectivity index (χ1v) is 8.88. The van der Waals surface area contributed by atoms with Gasteiger partial charge in [-0.2, -0.15) is 0 Å². The number of Topliss-reactive ketones (excluding diaryl/α,β-unsaturated/α-hetero) is 1. The molecule has 4 rings (SSSR count). The number of pyridine rings is 1. The number of ketones is 1. The normalized spacial score (nSPS) is 16.7. The molecule has 1 aliphatic rings. The molecule has 7 nitrogen and oxygen atoms in total. The molecule has 1 aromatic carbocycles. The first kappa shape index (κ1) is 20.2. The summed E-state index contributed by atoms with van der Waals surface area (Å²) < 4.78 is 46.3. The van der Waals surface area contributed by atoms with Crippen molar-refractivity contribution in [1.29, 1.82) is 0 Å². The zero-order valence-electron chi connectivity index (χ0n) is 15.5. The Hall–Kier alpha value is -4.08. The van der Waals surface area contributed by atoms with Crippen molar-refractivity contribution < 1.29 is 37.0 Å². The van der Waals surface area contributed by atoms with E-state index in [0.29, 0.717) is 0 Å². The molecular weight excluding hydrogens is 417 g/mol. The zero-order valence-corrected chi connectivity index (χ0v) is 15.5. The third-order valence-corrected chi connectivity index (χ3v) is 4.51. The van der Waals surface area contributed by atoms with E-state index in [2.05, 4.69) is 9.72 Å². The number of nitrogens with zero attached hydrogens (tertiary/aromatic N) is 2. The second-order valence-corrected chi connectivity index (χ2v) is 6.44. The summed E-state index contributed by atoms with van der Waals surface area (Å²) in [7, 11) is 0. The third kappa shape index (κ3) is 3.87. The van der Waals surface area contributed by atoms with Gasteiger partial charge in [-0.15, -0.1) is 13.2 Å². The summed E-state index contributed by atoms with van der Waals surface area (Å²) >= 11 is 0. The molecule has 0 radical (unpaired) electrons. The van der Waals surface area contributed by atoms with Gasteiger partial charge < -0.3 is 14.3 Å². The Morgan fingerprint density at radius 3 is 2.42 bits per heavy atom. The lowest BCUT2D eigenvalue weighted by atomic mass is 9.98. The van der Waals surface area contributed by atoms with Crippen LogP contribution in [-0.2, 0) is 4.79 Å². The van der Waals surface area contributed by atoms with Gasteiger partial charge in [-0.05, 0) is 48.5 Å². The van der Waals surface area contributed by atoms with Gasteiger partial charge in [0.05, 0.1) is 17.5 Å². The molecule has 3 heterocycles. The van der Waals surface area contributed by atoms with Gasteiger partial charge in [0.1, 0.15) is 11.8 Å².